The molecule has 5 nitrogen and oxygen atoms in total. The van der Waals surface area contributed by atoms with Gasteiger partial charge in [-0.1, -0.05) is 12.8 Å². The Morgan fingerprint density at radius 3 is 2.22 bits per heavy atom. The molecule has 2 aliphatic rings. The first kappa shape index (κ1) is 16.0. The Bertz CT molecular complexity index is 544. The van der Waals surface area contributed by atoms with Crippen LogP contribution in [0.3, 0.4) is 0 Å². The first-order chi connectivity index (χ1) is 11.2. The second kappa shape index (κ2) is 7.59. The standard InChI is InChI=1S/C18H24N2O3/c21-17(12-13-4-1-2-5-13)19-14-7-9-15(10-8-14)20-18(22)16-6-3-11-23-16/h7-10,13,16H,1-6,11-12H2,(H,19,21)(H,20,22). The second-order valence-electron chi connectivity index (χ2n) is 6.47. The van der Waals surface area contributed by atoms with E-state index in [1.54, 1.807) is 12.1 Å². The number of hydrogen-bond acceptors (Lipinski definition) is 3. The first-order valence-electron chi connectivity index (χ1n) is 8.53. The van der Waals surface area contributed by atoms with Gasteiger partial charge in [0, 0.05) is 24.4 Å². The van der Waals surface area contributed by atoms with Gasteiger partial charge in [-0.25, -0.2) is 0 Å². The maximum Gasteiger partial charge on any atom is 0.253 e. The van der Waals surface area contributed by atoms with Crippen molar-refractivity contribution in [3.63, 3.8) is 0 Å². The SMILES string of the molecule is O=C(CC1CCCC1)Nc1ccc(NC(=O)C2CCCO2)cc1. The molecular weight excluding hydrogens is 292 g/mol. The van der Waals surface area contributed by atoms with Gasteiger partial charge < -0.3 is 15.4 Å². The van der Waals surface area contributed by atoms with Crippen molar-refractivity contribution in [1.29, 1.82) is 0 Å². The largest absolute Gasteiger partial charge is 0.368 e. The quantitative estimate of drug-likeness (QED) is 0.875. The van der Waals surface area contributed by atoms with Crippen LogP contribution < -0.4 is 10.6 Å². The van der Waals surface area contributed by atoms with Crippen LogP contribution in [0, 0.1) is 5.92 Å². The first-order valence-corrected chi connectivity index (χ1v) is 8.53. The van der Waals surface area contributed by atoms with Crippen molar-refractivity contribution in [2.24, 2.45) is 5.92 Å². The molecule has 1 aromatic rings. The third kappa shape index (κ3) is 4.55. The van der Waals surface area contributed by atoms with E-state index in [9.17, 15) is 9.59 Å². The number of benzene rings is 1. The van der Waals surface area contributed by atoms with Crippen LogP contribution in [0.15, 0.2) is 24.3 Å². The minimum absolute atomic E-state index is 0.0769. The highest BCUT2D eigenvalue weighted by Crippen LogP contribution is 2.28. The minimum Gasteiger partial charge on any atom is -0.368 e. The number of rotatable bonds is 5. The third-order valence-electron chi connectivity index (χ3n) is 4.61. The van der Waals surface area contributed by atoms with E-state index in [0.29, 0.717) is 18.9 Å². The fourth-order valence-corrected chi connectivity index (χ4v) is 3.33. The van der Waals surface area contributed by atoms with E-state index in [4.69, 9.17) is 4.74 Å². The summed E-state index contributed by atoms with van der Waals surface area (Å²) in [7, 11) is 0. The van der Waals surface area contributed by atoms with E-state index in [1.165, 1.54) is 25.7 Å². The maximum atomic E-state index is 12.0. The van der Waals surface area contributed by atoms with Gasteiger partial charge in [0.25, 0.3) is 5.91 Å². The zero-order valence-corrected chi connectivity index (χ0v) is 13.3. The summed E-state index contributed by atoms with van der Waals surface area (Å²) in [5.41, 5.74) is 1.49. The molecule has 0 spiro atoms. The molecule has 3 rings (SSSR count). The second-order valence-corrected chi connectivity index (χ2v) is 6.47. The highest BCUT2D eigenvalue weighted by molar-refractivity contribution is 5.95. The van der Waals surface area contributed by atoms with Crippen molar-refractivity contribution in [1.82, 2.24) is 0 Å². The van der Waals surface area contributed by atoms with Gasteiger partial charge >= 0.3 is 0 Å². The number of carbonyl (C=O) groups is 2. The average molecular weight is 316 g/mol. The van der Waals surface area contributed by atoms with E-state index in [1.807, 2.05) is 12.1 Å². The van der Waals surface area contributed by atoms with Crippen molar-refractivity contribution >= 4 is 23.2 Å². The van der Waals surface area contributed by atoms with Gasteiger partial charge in [-0.05, 0) is 55.9 Å². The summed E-state index contributed by atoms with van der Waals surface area (Å²) in [6, 6.07) is 7.24. The molecule has 124 valence electrons. The summed E-state index contributed by atoms with van der Waals surface area (Å²) in [6.45, 7) is 0.657. The van der Waals surface area contributed by atoms with Crippen LogP contribution >= 0.6 is 0 Å². The minimum atomic E-state index is -0.333. The highest BCUT2D eigenvalue weighted by Gasteiger charge is 2.23. The fourth-order valence-electron chi connectivity index (χ4n) is 3.33. The molecule has 2 amide bonds. The number of nitrogens with one attached hydrogen (secondary N) is 2. The molecule has 1 saturated carbocycles. The number of carbonyl (C=O) groups excluding carboxylic acids is 2. The number of anilines is 2. The van der Waals surface area contributed by atoms with Crippen LogP contribution in [0.2, 0.25) is 0 Å². The van der Waals surface area contributed by atoms with E-state index in [-0.39, 0.29) is 17.9 Å². The van der Waals surface area contributed by atoms with E-state index in [0.717, 1.165) is 24.2 Å². The molecule has 1 aliphatic carbocycles. The molecular formula is C18H24N2O3. The number of hydrogen-bond donors (Lipinski definition) is 2. The molecule has 5 heteroatoms. The summed E-state index contributed by atoms with van der Waals surface area (Å²) in [5, 5.41) is 5.77. The lowest BCUT2D eigenvalue weighted by molar-refractivity contribution is -0.124. The molecule has 1 unspecified atom stereocenters. The van der Waals surface area contributed by atoms with Gasteiger partial charge in [-0.2, -0.15) is 0 Å². The maximum absolute atomic E-state index is 12.0. The van der Waals surface area contributed by atoms with Crippen LogP contribution in [-0.4, -0.2) is 24.5 Å². The molecule has 0 radical (unpaired) electrons. The van der Waals surface area contributed by atoms with Crippen LogP contribution in [-0.2, 0) is 14.3 Å². The summed E-state index contributed by atoms with van der Waals surface area (Å²) in [6.07, 6.45) is 6.82. The van der Waals surface area contributed by atoms with Crippen LogP contribution in [0.5, 0.6) is 0 Å². The van der Waals surface area contributed by atoms with Crippen molar-refractivity contribution in [2.75, 3.05) is 17.2 Å². The predicted molar refractivity (Wildman–Crippen MR) is 89.3 cm³/mol. The predicted octanol–water partition coefficient (Wildman–Crippen LogP) is 3.32. The number of ether oxygens (including phenoxy) is 1. The van der Waals surface area contributed by atoms with Crippen LogP contribution in [0.4, 0.5) is 11.4 Å². The topological polar surface area (TPSA) is 67.4 Å². The van der Waals surface area contributed by atoms with Gasteiger partial charge in [-0.15, -0.1) is 0 Å². The molecule has 0 bridgehead atoms. The smallest absolute Gasteiger partial charge is 0.253 e. The van der Waals surface area contributed by atoms with Gasteiger partial charge in [0.05, 0.1) is 0 Å². The Kier molecular flexibility index (Phi) is 5.28. The summed E-state index contributed by atoms with van der Waals surface area (Å²) >= 11 is 0. The van der Waals surface area contributed by atoms with Crippen LogP contribution in [0.1, 0.15) is 44.9 Å². The average Bonchev–Trinajstić information content (AvgIpc) is 3.22. The van der Waals surface area contributed by atoms with Crippen molar-refractivity contribution < 1.29 is 14.3 Å². The third-order valence-corrected chi connectivity index (χ3v) is 4.61. The van der Waals surface area contributed by atoms with Crippen molar-refractivity contribution in [3.8, 4) is 0 Å². The van der Waals surface area contributed by atoms with Crippen molar-refractivity contribution in [3.05, 3.63) is 24.3 Å². The van der Waals surface area contributed by atoms with Gasteiger partial charge in [0.15, 0.2) is 0 Å². The molecule has 1 saturated heterocycles. The number of amides is 2. The fraction of sp³-hybridized carbons (Fsp3) is 0.556. The van der Waals surface area contributed by atoms with Gasteiger partial charge in [0.2, 0.25) is 5.91 Å². The van der Waals surface area contributed by atoms with E-state index < -0.39 is 0 Å². The molecule has 2 N–H and O–H groups in total. The zero-order valence-electron chi connectivity index (χ0n) is 13.3. The summed E-state index contributed by atoms with van der Waals surface area (Å²) < 4.78 is 5.36. The van der Waals surface area contributed by atoms with E-state index >= 15 is 0 Å². The zero-order chi connectivity index (χ0) is 16.1. The Morgan fingerprint density at radius 1 is 0.957 bits per heavy atom. The van der Waals surface area contributed by atoms with Gasteiger partial charge in [-0.3, -0.25) is 9.59 Å². The van der Waals surface area contributed by atoms with Crippen molar-refractivity contribution in [2.45, 2.75) is 51.0 Å². The Labute approximate surface area is 136 Å². The Morgan fingerprint density at radius 2 is 1.61 bits per heavy atom. The lowest BCUT2D eigenvalue weighted by Crippen LogP contribution is -2.26. The molecule has 0 aromatic heterocycles. The summed E-state index contributed by atoms with van der Waals surface area (Å²) in [4.78, 5) is 24.0. The lowest BCUT2D eigenvalue weighted by Gasteiger charge is -2.12. The monoisotopic (exact) mass is 316 g/mol. The highest BCUT2D eigenvalue weighted by atomic mass is 16.5. The molecule has 1 heterocycles. The van der Waals surface area contributed by atoms with Gasteiger partial charge in [0.1, 0.15) is 6.10 Å². The summed E-state index contributed by atoms with van der Waals surface area (Å²) in [5.74, 6) is 0.522. The normalized spacial score (nSPS) is 21.3. The lowest BCUT2D eigenvalue weighted by atomic mass is 10.0. The molecule has 1 aromatic carbocycles. The molecule has 1 aliphatic heterocycles. The Balaban J connectivity index is 1.48. The van der Waals surface area contributed by atoms with Crippen LogP contribution in [0.25, 0.3) is 0 Å². The Hall–Kier alpha value is -1.88. The molecule has 1 atom stereocenters. The molecule has 23 heavy (non-hydrogen) atoms. The van der Waals surface area contributed by atoms with E-state index in [2.05, 4.69) is 10.6 Å². The molecule has 2 fully saturated rings.